The first-order valence-corrected chi connectivity index (χ1v) is 10.7. The fourth-order valence-corrected chi connectivity index (χ4v) is 4.26. The molecule has 1 aliphatic rings. The molecule has 0 atom stereocenters. The second kappa shape index (κ2) is 9.93. The minimum Gasteiger partial charge on any atom is -0.486 e. The van der Waals surface area contributed by atoms with E-state index in [1.165, 1.54) is 64.2 Å². The van der Waals surface area contributed by atoms with Crippen molar-refractivity contribution in [1.29, 1.82) is 0 Å². The molecule has 138 valence electrons. The SMILES string of the molecule is CCCCCCC1(CCCCCC)COc2c(C)oc(I)c2OC1. The molecule has 0 spiro atoms. The van der Waals surface area contributed by atoms with Gasteiger partial charge in [-0.1, -0.05) is 65.2 Å². The van der Waals surface area contributed by atoms with Crippen LogP contribution < -0.4 is 9.47 Å². The van der Waals surface area contributed by atoms with Crippen molar-refractivity contribution < 1.29 is 13.9 Å². The first-order chi connectivity index (χ1) is 11.6. The molecule has 0 fully saturated rings. The van der Waals surface area contributed by atoms with Crippen molar-refractivity contribution in [3.8, 4) is 11.5 Å². The maximum atomic E-state index is 6.21. The van der Waals surface area contributed by atoms with Crippen molar-refractivity contribution in [2.45, 2.75) is 85.0 Å². The summed E-state index contributed by atoms with van der Waals surface area (Å²) in [7, 11) is 0. The lowest BCUT2D eigenvalue weighted by molar-refractivity contribution is 0.0753. The molecular formula is C20H33IO3. The standard InChI is InChI=1S/C20H33IO3/c1-4-6-8-10-12-20(13-11-9-7-5-2)14-22-17-16(3)24-19(21)18(17)23-15-20/h4-15H2,1-3H3. The van der Waals surface area contributed by atoms with Crippen LogP contribution in [-0.4, -0.2) is 13.2 Å². The van der Waals surface area contributed by atoms with Gasteiger partial charge in [-0.05, 0) is 19.8 Å². The van der Waals surface area contributed by atoms with Crippen molar-refractivity contribution in [1.82, 2.24) is 0 Å². The highest BCUT2D eigenvalue weighted by Crippen LogP contribution is 2.44. The Balaban J connectivity index is 2.01. The number of ether oxygens (including phenoxy) is 2. The van der Waals surface area contributed by atoms with Crippen LogP contribution in [0.2, 0.25) is 0 Å². The normalized spacial score (nSPS) is 16.2. The van der Waals surface area contributed by atoms with Gasteiger partial charge in [0.05, 0.1) is 13.2 Å². The molecule has 0 saturated carbocycles. The number of unbranched alkanes of at least 4 members (excludes halogenated alkanes) is 6. The van der Waals surface area contributed by atoms with E-state index in [1.807, 2.05) is 6.92 Å². The molecule has 0 N–H and O–H groups in total. The van der Waals surface area contributed by atoms with Crippen molar-refractivity contribution in [3.05, 3.63) is 9.53 Å². The molecule has 1 aliphatic heterocycles. The molecule has 0 unspecified atom stereocenters. The van der Waals surface area contributed by atoms with E-state index in [1.54, 1.807) is 0 Å². The summed E-state index contributed by atoms with van der Waals surface area (Å²) in [6, 6.07) is 0. The predicted octanol–water partition coefficient (Wildman–Crippen LogP) is 6.89. The molecule has 1 aromatic heterocycles. The molecular weight excluding hydrogens is 415 g/mol. The summed E-state index contributed by atoms with van der Waals surface area (Å²) in [4.78, 5) is 0. The highest BCUT2D eigenvalue weighted by atomic mass is 127. The Morgan fingerprint density at radius 3 is 1.92 bits per heavy atom. The van der Waals surface area contributed by atoms with E-state index in [0.29, 0.717) is 0 Å². The van der Waals surface area contributed by atoms with Gasteiger partial charge in [0.1, 0.15) is 5.76 Å². The van der Waals surface area contributed by atoms with Gasteiger partial charge in [-0.15, -0.1) is 0 Å². The number of fused-ring (bicyclic) bond motifs is 1. The van der Waals surface area contributed by atoms with E-state index in [2.05, 4.69) is 36.4 Å². The van der Waals surface area contributed by atoms with Gasteiger partial charge in [-0.25, -0.2) is 0 Å². The molecule has 1 aromatic rings. The van der Waals surface area contributed by atoms with E-state index in [4.69, 9.17) is 13.9 Å². The van der Waals surface area contributed by atoms with E-state index in [0.717, 1.165) is 34.2 Å². The molecule has 0 saturated heterocycles. The second-order valence-electron chi connectivity index (χ2n) is 7.29. The molecule has 0 aliphatic carbocycles. The molecule has 0 amide bonds. The quantitative estimate of drug-likeness (QED) is 0.289. The maximum absolute atomic E-state index is 6.21. The van der Waals surface area contributed by atoms with Gasteiger partial charge in [-0.2, -0.15) is 0 Å². The van der Waals surface area contributed by atoms with Crippen LogP contribution in [0.5, 0.6) is 11.5 Å². The monoisotopic (exact) mass is 448 g/mol. The van der Waals surface area contributed by atoms with Crippen LogP contribution in [0, 0.1) is 16.1 Å². The Kier molecular flexibility index (Phi) is 8.24. The molecule has 24 heavy (non-hydrogen) atoms. The zero-order valence-electron chi connectivity index (χ0n) is 15.6. The van der Waals surface area contributed by atoms with Crippen LogP contribution in [-0.2, 0) is 0 Å². The fraction of sp³-hybridized carbons (Fsp3) is 0.800. The third-order valence-corrected chi connectivity index (χ3v) is 5.82. The third-order valence-electron chi connectivity index (χ3n) is 5.11. The summed E-state index contributed by atoms with van der Waals surface area (Å²) in [5.41, 5.74) is 0.156. The highest BCUT2D eigenvalue weighted by Gasteiger charge is 2.36. The number of furan rings is 1. The molecule has 4 heteroatoms. The van der Waals surface area contributed by atoms with Gasteiger partial charge in [0.15, 0.2) is 0 Å². The summed E-state index contributed by atoms with van der Waals surface area (Å²) in [6.07, 6.45) is 12.8. The number of rotatable bonds is 10. The summed E-state index contributed by atoms with van der Waals surface area (Å²) in [6.45, 7) is 8.01. The summed E-state index contributed by atoms with van der Waals surface area (Å²) in [5.74, 6) is 2.47. The highest BCUT2D eigenvalue weighted by molar-refractivity contribution is 14.1. The molecule has 0 radical (unpaired) electrons. The van der Waals surface area contributed by atoms with Crippen LogP contribution >= 0.6 is 22.6 Å². The maximum Gasteiger partial charge on any atom is 0.214 e. The Hall–Kier alpha value is -0.390. The Morgan fingerprint density at radius 2 is 1.38 bits per heavy atom. The molecule has 0 bridgehead atoms. The topological polar surface area (TPSA) is 31.6 Å². The van der Waals surface area contributed by atoms with Gasteiger partial charge < -0.3 is 13.9 Å². The van der Waals surface area contributed by atoms with Crippen molar-refractivity contribution in [2.24, 2.45) is 5.41 Å². The smallest absolute Gasteiger partial charge is 0.214 e. The van der Waals surface area contributed by atoms with Crippen LogP contribution in [0.15, 0.2) is 4.42 Å². The first-order valence-electron chi connectivity index (χ1n) is 9.66. The summed E-state index contributed by atoms with van der Waals surface area (Å²) in [5, 5.41) is 0. The minimum absolute atomic E-state index is 0.156. The van der Waals surface area contributed by atoms with Crippen molar-refractivity contribution in [3.63, 3.8) is 0 Å². The number of hydrogen-bond donors (Lipinski definition) is 0. The molecule has 2 rings (SSSR count). The van der Waals surface area contributed by atoms with Gasteiger partial charge in [0, 0.05) is 28.0 Å². The average Bonchev–Trinajstić information content (AvgIpc) is 2.73. The number of halogens is 1. The largest absolute Gasteiger partial charge is 0.486 e. The van der Waals surface area contributed by atoms with Gasteiger partial charge >= 0.3 is 0 Å². The lowest BCUT2D eigenvalue weighted by atomic mass is 9.79. The lowest BCUT2D eigenvalue weighted by Crippen LogP contribution is -2.33. The van der Waals surface area contributed by atoms with E-state index >= 15 is 0 Å². The summed E-state index contributed by atoms with van der Waals surface area (Å²) >= 11 is 2.20. The van der Waals surface area contributed by atoms with Crippen LogP contribution in [0.1, 0.15) is 83.8 Å². The van der Waals surface area contributed by atoms with Crippen molar-refractivity contribution >= 4 is 22.6 Å². The average molecular weight is 448 g/mol. The lowest BCUT2D eigenvalue weighted by Gasteiger charge is -2.31. The van der Waals surface area contributed by atoms with Gasteiger partial charge in [-0.3, -0.25) is 0 Å². The van der Waals surface area contributed by atoms with E-state index < -0.39 is 0 Å². The fourth-order valence-electron chi connectivity index (χ4n) is 3.53. The zero-order chi connectivity index (χ0) is 17.4. The molecule has 2 heterocycles. The van der Waals surface area contributed by atoms with E-state index in [-0.39, 0.29) is 5.41 Å². The van der Waals surface area contributed by atoms with Crippen LogP contribution in [0.4, 0.5) is 0 Å². The second-order valence-corrected chi connectivity index (χ2v) is 8.27. The first kappa shape index (κ1) is 19.9. The summed E-state index contributed by atoms with van der Waals surface area (Å²) < 4.78 is 18.9. The van der Waals surface area contributed by atoms with Crippen LogP contribution in [0.25, 0.3) is 0 Å². The minimum atomic E-state index is 0.156. The zero-order valence-corrected chi connectivity index (χ0v) is 17.7. The molecule has 3 nitrogen and oxygen atoms in total. The van der Waals surface area contributed by atoms with Gasteiger partial charge in [0.2, 0.25) is 15.3 Å². The Labute approximate surface area is 161 Å². The predicted molar refractivity (Wildman–Crippen MR) is 107 cm³/mol. The van der Waals surface area contributed by atoms with Crippen LogP contribution in [0.3, 0.4) is 0 Å². The van der Waals surface area contributed by atoms with Crippen molar-refractivity contribution in [2.75, 3.05) is 13.2 Å². The third kappa shape index (κ3) is 5.30. The number of aryl methyl sites for hydroxylation is 1. The Morgan fingerprint density at radius 1 is 0.833 bits per heavy atom. The number of hydrogen-bond acceptors (Lipinski definition) is 3. The van der Waals surface area contributed by atoms with Gasteiger partial charge in [0.25, 0.3) is 0 Å². The van der Waals surface area contributed by atoms with E-state index in [9.17, 15) is 0 Å². The molecule has 0 aromatic carbocycles. The Bertz CT molecular complexity index is 453.